The predicted octanol–water partition coefficient (Wildman–Crippen LogP) is 5.07. The number of rotatable bonds is 2. The molecule has 3 aromatic carbocycles. The van der Waals surface area contributed by atoms with E-state index >= 15 is 0 Å². The lowest BCUT2D eigenvalue weighted by Crippen LogP contribution is -1.88. The SMILES string of the molecule is Cc1ccc(-c2cccc(C#N)c2)c(-c2cccc(C#N)c2)c1. The second-order valence-electron chi connectivity index (χ2n) is 5.43. The van der Waals surface area contributed by atoms with Crippen molar-refractivity contribution in [2.24, 2.45) is 0 Å². The van der Waals surface area contributed by atoms with E-state index in [0.29, 0.717) is 11.1 Å². The van der Waals surface area contributed by atoms with Crippen LogP contribution in [0.25, 0.3) is 22.3 Å². The van der Waals surface area contributed by atoms with Gasteiger partial charge in [0.1, 0.15) is 0 Å². The van der Waals surface area contributed by atoms with Gasteiger partial charge < -0.3 is 0 Å². The summed E-state index contributed by atoms with van der Waals surface area (Å²) < 4.78 is 0. The van der Waals surface area contributed by atoms with Crippen molar-refractivity contribution in [2.75, 3.05) is 0 Å². The molecule has 108 valence electrons. The lowest BCUT2D eigenvalue weighted by Gasteiger charge is -2.12. The molecule has 0 fully saturated rings. The average molecular weight is 294 g/mol. The van der Waals surface area contributed by atoms with E-state index in [-0.39, 0.29) is 0 Å². The molecular formula is C21H14N2. The molecule has 0 atom stereocenters. The number of aryl methyl sites for hydroxylation is 1. The smallest absolute Gasteiger partial charge is 0.0991 e. The molecule has 2 nitrogen and oxygen atoms in total. The van der Waals surface area contributed by atoms with Crippen molar-refractivity contribution in [3.63, 3.8) is 0 Å². The Morgan fingerprint density at radius 3 is 1.78 bits per heavy atom. The minimum Gasteiger partial charge on any atom is -0.192 e. The molecule has 23 heavy (non-hydrogen) atoms. The first-order valence-electron chi connectivity index (χ1n) is 7.33. The zero-order chi connectivity index (χ0) is 16.2. The molecule has 0 amide bonds. The number of hydrogen-bond donors (Lipinski definition) is 0. The average Bonchev–Trinajstić information content (AvgIpc) is 2.61. The minimum absolute atomic E-state index is 0.639. The summed E-state index contributed by atoms with van der Waals surface area (Å²) in [5.41, 5.74) is 6.56. The number of benzene rings is 3. The van der Waals surface area contributed by atoms with E-state index in [2.05, 4.69) is 30.3 Å². The van der Waals surface area contributed by atoms with E-state index in [4.69, 9.17) is 10.5 Å². The summed E-state index contributed by atoms with van der Waals surface area (Å²) in [6, 6.07) is 25.8. The molecule has 0 bridgehead atoms. The van der Waals surface area contributed by atoms with Crippen molar-refractivity contribution in [1.82, 2.24) is 0 Å². The van der Waals surface area contributed by atoms with Crippen molar-refractivity contribution in [3.8, 4) is 34.4 Å². The summed E-state index contributed by atoms with van der Waals surface area (Å²) >= 11 is 0. The molecule has 3 rings (SSSR count). The molecule has 0 aliphatic rings. The summed E-state index contributed by atoms with van der Waals surface area (Å²) in [4.78, 5) is 0. The van der Waals surface area contributed by atoms with Gasteiger partial charge in [-0.15, -0.1) is 0 Å². The zero-order valence-electron chi connectivity index (χ0n) is 12.7. The maximum Gasteiger partial charge on any atom is 0.0991 e. The molecule has 2 heteroatoms. The van der Waals surface area contributed by atoms with E-state index in [1.54, 1.807) is 12.1 Å². The van der Waals surface area contributed by atoms with E-state index < -0.39 is 0 Å². The minimum atomic E-state index is 0.639. The van der Waals surface area contributed by atoms with Gasteiger partial charge in [0.2, 0.25) is 0 Å². The highest BCUT2D eigenvalue weighted by molar-refractivity contribution is 5.84. The molecule has 0 radical (unpaired) electrons. The molecule has 0 saturated carbocycles. The van der Waals surface area contributed by atoms with Gasteiger partial charge in [0.15, 0.2) is 0 Å². The Bertz CT molecular complexity index is 956. The summed E-state index contributed by atoms with van der Waals surface area (Å²) in [6.07, 6.45) is 0. The molecule has 0 aromatic heterocycles. The van der Waals surface area contributed by atoms with Crippen molar-refractivity contribution >= 4 is 0 Å². The first-order valence-corrected chi connectivity index (χ1v) is 7.33. The van der Waals surface area contributed by atoms with Gasteiger partial charge in [-0.05, 0) is 53.4 Å². The first-order chi connectivity index (χ1) is 11.2. The Balaban J connectivity index is 2.23. The van der Waals surface area contributed by atoms with Crippen LogP contribution >= 0.6 is 0 Å². The van der Waals surface area contributed by atoms with Crippen LogP contribution in [0.4, 0.5) is 0 Å². The van der Waals surface area contributed by atoms with Crippen LogP contribution in [0.5, 0.6) is 0 Å². The van der Waals surface area contributed by atoms with Gasteiger partial charge in [-0.3, -0.25) is 0 Å². The van der Waals surface area contributed by atoms with Gasteiger partial charge in [-0.25, -0.2) is 0 Å². The monoisotopic (exact) mass is 294 g/mol. The fraction of sp³-hybridized carbons (Fsp3) is 0.0476. The maximum atomic E-state index is 9.13. The molecule has 0 spiro atoms. The molecule has 0 heterocycles. The van der Waals surface area contributed by atoms with Crippen LogP contribution in [-0.2, 0) is 0 Å². The second kappa shape index (κ2) is 6.18. The highest BCUT2D eigenvalue weighted by Crippen LogP contribution is 2.33. The maximum absolute atomic E-state index is 9.13. The third-order valence-electron chi connectivity index (χ3n) is 3.78. The molecule has 0 saturated heterocycles. The van der Waals surface area contributed by atoms with Gasteiger partial charge in [0, 0.05) is 0 Å². The predicted molar refractivity (Wildman–Crippen MR) is 91.5 cm³/mol. The zero-order valence-corrected chi connectivity index (χ0v) is 12.7. The quantitative estimate of drug-likeness (QED) is 0.662. The van der Waals surface area contributed by atoms with Crippen LogP contribution in [0.15, 0.2) is 66.7 Å². The molecule has 0 N–H and O–H groups in total. The van der Waals surface area contributed by atoms with E-state index in [1.165, 1.54) is 0 Å². The van der Waals surface area contributed by atoms with Gasteiger partial charge in [-0.1, -0.05) is 48.0 Å². The van der Waals surface area contributed by atoms with E-state index in [9.17, 15) is 0 Å². The van der Waals surface area contributed by atoms with Gasteiger partial charge >= 0.3 is 0 Å². The van der Waals surface area contributed by atoms with Gasteiger partial charge in [0.05, 0.1) is 23.3 Å². The summed E-state index contributed by atoms with van der Waals surface area (Å²) in [5, 5.41) is 18.3. The van der Waals surface area contributed by atoms with Crippen LogP contribution in [0.1, 0.15) is 16.7 Å². The van der Waals surface area contributed by atoms with Crippen LogP contribution in [0.2, 0.25) is 0 Å². The normalized spacial score (nSPS) is 9.87. The van der Waals surface area contributed by atoms with Crippen LogP contribution in [0.3, 0.4) is 0 Å². The van der Waals surface area contributed by atoms with E-state index in [0.717, 1.165) is 27.8 Å². The van der Waals surface area contributed by atoms with Gasteiger partial charge in [-0.2, -0.15) is 10.5 Å². The summed E-state index contributed by atoms with van der Waals surface area (Å²) in [6.45, 7) is 2.05. The first kappa shape index (κ1) is 14.6. The highest BCUT2D eigenvalue weighted by Gasteiger charge is 2.09. The Morgan fingerprint density at radius 2 is 1.22 bits per heavy atom. The van der Waals surface area contributed by atoms with Crippen molar-refractivity contribution in [1.29, 1.82) is 10.5 Å². The molecule has 3 aromatic rings. The number of nitrogens with zero attached hydrogens (tertiary/aromatic N) is 2. The van der Waals surface area contributed by atoms with Crippen LogP contribution in [0, 0.1) is 29.6 Å². The van der Waals surface area contributed by atoms with Crippen LogP contribution < -0.4 is 0 Å². The largest absolute Gasteiger partial charge is 0.192 e. The lowest BCUT2D eigenvalue weighted by molar-refractivity contribution is 1.44. The third-order valence-corrected chi connectivity index (χ3v) is 3.78. The Morgan fingerprint density at radius 1 is 0.652 bits per heavy atom. The third kappa shape index (κ3) is 2.98. The standard InChI is InChI=1S/C21H14N2/c1-15-8-9-20(18-6-2-4-16(11-18)13-22)21(10-15)19-7-3-5-17(12-19)14-23/h2-12H,1H3. The Hall–Kier alpha value is -3.36. The van der Waals surface area contributed by atoms with Crippen molar-refractivity contribution < 1.29 is 0 Å². The fourth-order valence-corrected chi connectivity index (χ4v) is 2.66. The topological polar surface area (TPSA) is 47.6 Å². The fourth-order valence-electron chi connectivity index (χ4n) is 2.66. The molecule has 0 unspecified atom stereocenters. The highest BCUT2D eigenvalue weighted by atomic mass is 14.2. The number of hydrogen-bond acceptors (Lipinski definition) is 2. The Labute approximate surface area is 135 Å². The van der Waals surface area contributed by atoms with Crippen molar-refractivity contribution in [2.45, 2.75) is 6.92 Å². The molecule has 0 aliphatic carbocycles. The summed E-state index contributed by atoms with van der Waals surface area (Å²) in [5.74, 6) is 0. The van der Waals surface area contributed by atoms with Crippen molar-refractivity contribution in [3.05, 3.63) is 83.4 Å². The summed E-state index contributed by atoms with van der Waals surface area (Å²) in [7, 11) is 0. The van der Waals surface area contributed by atoms with E-state index in [1.807, 2.05) is 43.3 Å². The Kier molecular flexibility index (Phi) is 3.91. The lowest BCUT2D eigenvalue weighted by atomic mass is 9.92. The second-order valence-corrected chi connectivity index (χ2v) is 5.43. The molecule has 0 aliphatic heterocycles. The van der Waals surface area contributed by atoms with Crippen LogP contribution in [-0.4, -0.2) is 0 Å². The van der Waals surface area contributed by atoms with Gasteiger partial charge in [0.25, 0.3) is 0 Å². The molecular weight excluding hydrogens is 280 g/mol. The number of nitriles is 2.